The SMILES string of the molecule is O=C(CC1CCCCO1)NCCCOC1CCNCC1. The lowest BCUT2D eigenvalue weighted by Gasteiger charge is -2.23. The average Bonchev–Trinajstić information content (AvgIpc) is 2.49. The Kier molecular flexibility index (Phi) is 7.33. The van der Waals surface area contributed by atoms with E-state index in [1.807, 2.05) is 0 Å². The molecule has 2 N–H and O–H groups in total. The summed E-state index contributed by atoms with van der Waals surface area (Å²) in [4.78, 5) is 11.7. The number of nitrogens with one attached hydrogen (secondary N) is 2. The van der Waals surface area contributed by atoms with Crippen LogP contribution in [0.3, 0.4) is 0 Å². The van der Waals surface area contributed by atoms with Gasteiger partial charge in [-0.1, -0.05) is 0 Å². The van der Waals surface area contributed by atoms with Crippen LogP contribution >= 0.6 is 0 Å². The van der Waals surface area contributed by atoms with E-state index in [4.69, 9.17) is 9.47 Å². The minimum Gasteiger partial charge on any atom is -0.378 e. The van der Waals surface area contributed by atoms with Gasteiger partial charge in [0.05, 0.1) is 18.6 Å². The fourth-order valence-corrected chi connectivity index (χ4v) is 2.76. The summed E-state index contributed by atoms with van der Waals surface area (Å²) in [5.74, 6) is 0.110. The van der Waals surface area contributed by atoms with E-state index in [0.29, 0.717) is 19.1 Å². The smallest absolute Gasteiger partial charge is 0.222 e. The highest BCUT2D eigenvalue weighted by Crippen LogP contribution is 2.15. The second-order valence-electron chi connectivity index (χ2n) is 5.72. The number of hydrogen-bond donors (Lipinski definition) is 2. The molecule has 2 aliphatic rings. The first-order valence-electron chi connectivity index (χ1n) is 8.05. The van der Waals surface area contributed by atoms with Gasteiger partial charge in [-0.25, -0.2) is 0 Å². The Morgan fingerprint density at radius 3 is 2.85 bits per heavy atom. The second kappa shape index (κ2) is 9.32. The van der Waals surface area contributed by atoms with Crippen molar-refractivity contribution in [3.63, 3.8) is 0 Å². The van der Waals surface area contributed by atoms with E-state index in [1.165, 1.54) is 6.42 Å². The summed E-state index contributed by atoms with van der Waals surface area (Å²) in [6, 6.07) is 0. The third-order valence-electron chi connectivity index (χ3n) is 3.97. The molecule has 2 fully saturated rings. The Morgan fingerprint density at radius 1 is 1.25 bits per heavy atom. The van der Waals surface area contributed by atoms with E-state index in [9.17, 15) is 4.79 Å². The molecule has 2 heterocycles. The molecule has 0 radical (unpaired) electrons. The molecule has 1 amide bonds. The number of ether oxygens (including phenoxy) is 2. The maximum atomic E-state index is 11.7. The zero-order chi connectivity index (χ0) is 14.0. The lowest BCUT2D eigenvalue weighted by Crippen LogP contribution is -2.33. The molecule has 2 aliphatic heterocycles. The van der Waals surface area contributed by atoms with Gasteiger partial charge in [-0.05, 0) is 51.6 Å². The number of carbonyl (C=O) groups excluding carboxylic acids is 1. The molecule has 1 unspecified atom stereocenters. The molecule has 0 aliphatic carbocycles. The monoisotopic (exact) mass is 284 g/mol. The molecular formula is C15H28N2O3. The molecule has 0 aromatic rings. The summed E-state index contributed by atoms with van der Waals surface area (Å²) in [5, 5.41) is 6.28. The Hall–Kier alpha value is -0.650. The zero-order valence-electron chi connectivity index (χ0n) is 12.4. The van der Waals surface area contributed by atoms with Crippen LogP contribution in [0, 0.1) is 0 Å². The topological polar surface area (TPSA) is 59.6 Å². The van der Waals surface area contributed by atoms with E-state index < -0.39 is 0 Å². The second-order valence-corrected chi connectivity index (χ2v) is 5.72. The van der Waals surface area contributed by atoms with Crippen molar-refractivity contribution in [2.75, 3.05) is 32.8 Å². The minimum absolute atomic E-state index is 0.110. The summed E-state index contributed by atoms with van der Waals surface area (Å²) in [5.41, 5.74) is 0. The molecule has 0 saturated carbocycles. The first-order chi connectivity index (χ1) is 9.84. The van der Waals surface area contributed by atoms with E-state index in [2.05, 4.69) is 10.6 Å². The van der Waals surface area contributed by atoms with Crippen molar-refractivity contribution in [2.45, 2.75) is 57.2 Å². The fourth-order valence-electron chi connectivity index (χ4n) is 2.76. The van der Waals surface area contributed by atoms with Crippen molar-refractivity contribution in [3.05, 3.63) is 0 Å². The van der Waals surface area contributed by atoms with Crippen LogP contribution in [0.2, 0.25) is 0 Å². The van der Waals surface area contributed by atoms with Gasteiger partial charge >= 0.3 is 0 Å². The van der Waals surface area contributed by atoms with E-state index in [1.54, 1.807) is 0 Å². The number of carbonyl (C=O) groups is 1. The van der Waals surface area contributed by atoms with Gasteiger partial charge in [0.25, 0.3) is 0 Å². The molecule has 20 heavy (non-hydrogen) atoms. The number of piperidine rings is 1. The Labute approximate surface area is 121 Å². The number of rotatable bonds is 7. The highest BCUT2D eigenvalue weighted by atomic mass is 16.5. The van der Waals surface area contributed by atoms with Crippen LogP contribution in [0.1, 0.15) is 44.9 Å². The number of hydrogen-bond acceptors (Lipinski definition) is 4. The molecule has 116 valence electrons. The van der Waals surface area contributed by atoms with Crippen molar-refractivity contribution < 1.29 is 14.3 Å². The average molecular weight is 284 g/mol. The fraction of sp³-hybridized carbons (Fsp3) is 0.933. The van der Waals surface area contributed by atoms with Crippen molar-refractivity contribution in [1.29, 1.82) is 0 Å². The molecule has 2 saturated heterocycles. The summed E-state index contributed by atoms with van der Waals surface area (Å²) in [6.07, 6.45) is 7.48. The molecule has 0 aromatic carbocycles. The standard InChI is InChI=1S/C15H28N2O3/c18-15(12-14-4-1-2-10-20-14)17-7-3-11-19-13-5-8-16-9-6-13/h13-14,16H,1-12H2,(H,17,18). The van der Waals surface area contributed by atoms with Crippen molar-refractivity contribution in [1.82, 2.24) is 10.6 Å². The summed E-state index contributed by atoms with van der Waals surface area (Å²) >= 11 is 0. The van der Waals surface area contributed by atoms with Crippen LogP contribution in [0.25, 0.3) is 0 Å². The molecule has 5 nitrogen and oxygen atoms in total. The third-order valence-corrected chi connectivity index (χ3v) is 3.97. The predicted octanol–water partition coefficient (Wildman–Crippen LogP) is 1.22. The van der Waals surface area contributed by atoms with Crippen molar-refractivity contribution in [3.8, 4) is 0 Å². The lowest BCUT2D eigenvalue weighted by molar-refractivity contribution is -0.124. The summed E-state index contributed by atoms with van der Waals surface area (Å²) < 4.78 is 11.4. The highest BCUT2D eigenvalue weighted by Gasteiger charge is 2.17. The van der Waals surface area contributed by atoms with Gasteiger partial charge in [0, 0.05) is 19.8 Å². The van der Waals surface area contributed by atoms with Crippen molar-refractivity contribution >= 4 is 5.91 Å². The zero-order valence-corrected chi connectivity index (χ0v) is 12.4. The first kappa shape index (κ1) is 15.7. The van der Waals surface area contributed by atoms with Crippen LogP contribution in [0.5, 0.6) is 0 Å². The van der Waals surface area contributed by atoms with Gasteiger partial charge in [0.1, 0.15) is 0 Å². The van der Waals surface area contributed by atoms with Crippen molar-refractivity contribution in [2.24, 2.45) is 0 Å². The van der Waals surface area contributed by atoms with Gasteiger partial charge in [0.15, 0.2) is 0 Å². The van der Waals surface area contributed by atoms with Crippen LogP contribution in [-0.2, 0) is 14.3 Å². The molecule has 0 aromatic heterocycles. The summed E-state index contributed by atoms with van der Waals surface area (Å²) in [6.45, 7) is 4.37. The largest absolute Gasteiger partial charge is 0.378 e. The Morgan fingerprint density at radius 2 is 2.10 bits per heavy atom. The predicted molar refractivity (Wildman–Crippen MR) is 77.7 cm³/mol. The lowest BCUT2D eigenvalue weighted by atomic mass is 10.1. The van der Waals surface area contributed by atoms with E-state index in [-0.39, 0.29) is 12.0 Å². The maximum Gasteiger partial charge on any atom is 0.222 e. The Bertz CT molecular complexity index is 274. The normalized spacial score (nSPS) is 24.5. The van der Waals surface area contributed by atoms with Gasteiger partial charge in [-0.15, -0.1) is 0 Å². The molecule has 2 rings (SSSR count). The van der Waals surface area contributed by atoms with Crippen LogP contribution in [0.4, 0.5) is 0 Å². The number of amides is 1. The molecule has 1 atom stereocenters. The van der Waals surface area contributed by atoms with Gasteiger partial charge in [-0.3, -0.25) is 4.79 Å². The van der Waals surface area contributed by atoms with Gasteiger partial charge in [0.2, 0.25) is 5.91 Å². The van der Waals surface area contributed by atoms with Crippen LogP contribution in [0.15, 0.2) is 0 Å². The molecule has 0 spiro atoms. The summed E-state index contributed by atoms with van der Waals surface area (Å²) in [7, 11) is 0. The van der Waals surface area contributed by atoms with Crippen LogP contribution < -0.4 is 10.6 Å². The van der Waals surface area contributed by atoms with Gasteiger partial charge in [-0.2, -0.15) is 0 Å². The van der Waals surface area contributed by atoms with E-state index >= 15 is 0 Å². The van der Waals surface area contributed by atoms with Gasteiger partial charge < -0.3 is 20.1 Å². The van der Waals surface area contributed by atoms with Crippen LogP contribution in [-0.4, -0.2) is 51.0 Å². The molecule has 0 bridgehead atoms. The van der Waals surface area contributed by atoms with E-state index in [0.717, 1.165) is 58.4 Å². The molecular weight excluding hydrogens is 256 g/mol. The first-order valence-corrected chi connectivity index (χ1v) is 8.05. The maximum absolute atomic E-state index is 11.7. The quantitative estimate of drug-likeness (QED) is 0.690. The third kappa shape index (κ3) is 6.20. The minimum atomic E-state index is 0.110. The molecule has 5 heteroatoms. The Balaban J connectivity index is 1.44. The highest BCUT2D eigenvalue weighted by molar-refractivity contribution is 5.76.